The molecule has 0 unspecified atom stereocenters. The van der Waals surface area contributed by atoms with Crippen LogP contribution in [-0.4, -0.2) is 20.8 Å². The first-order valence-corrected chi connectivity index (χ1v) is 8.47. The third-order valence-electron chi connectivity index (χ3n) is 3.43. The van der Waals surface area contributed by atoms with Crippen LogP contribution in [-0.2, 0) is 4.79 Å². The molecule has 0 aliphatic rings. The van der Waals surface area contributed by atoms with Gasteiger partial charge in [-0.2, -0.15) is 0 Å². The lowest BCUT2D eigenvalue weighted by molar-refractivity contribution is -0.384. The van der Waals surface area contributed by atoms with Crippen molar-refractivity contribution in [3.05, 3.63) is 58.4 Å². The maximum Gasteiger partial charge on any atom is 0.271 e. The van der Waals surface area contributed by atoms with E-state index in [2.05, 4.69) is 20.6 Å². The predicted molar refractivity (Wildman–Crippen MR) is 101 cm³/mol. The Hall–Kier alpha value is -3.33. The number of pyridine rings is 1. The SMILES string of the molecule is CC(=O)Nc1nc(C)c(-c2ccnc(Nc3cccc([N+](=O)[O-])c3)c2)s1. The molecule has 2 heterocycles. The van der Waals surface area contributed by atoms with Gasteiger partial charge in [-0.25, -0.2) is 9.97 Å². The highest BCUT2D eigenvalue weighted by Crippen LogP contribution is 2.33. The zero-order valence-electron chi connectivity index (χ0n) is 14.0. The van der Waals surface area contributed by atoms with Crippen LogP contribution in [0.5, 0.6) is 0 Å². The fraction of sp³-hybridized carbons (Fsp3) is 0.118. The smallest absolute Gasteiger partial charge is 0.271 e. The van der Waals surface area contributed by atoms with E-state index in [1.807, 2.05) is 19.1 Å². The van der Waals surface area contributed by atoms with E-state index in [-0.39, 0.29) is 11.6 Å². The van der Waals surface area contributed by atoms with Crippen LogP contribution in [0.1, 0.15) is 12.6 Å². The number of amides is 1. The minimum absolute atomic E-state index is 0.00408. The standard InChI is InChI=1S/C17H15N5O3S/c1-10-16(26-17(19-10)20-11(2)23)12-6-7-18-15(8-12)21-13-4-3-5-14(9-13)22(24)25/h3-9H,1-2H3,(H,18,21)(H,19,20,23). The predicted octanol–water partition coefficient (Wildman–Crippen LogP) is 4.12. The maximum atomic E-state index is 11.2. The van der Waals surface area contributed by atoms with E-state index in [1.165, 1.54) is 30.4 Å². The van der Waals surface area contributed by atoms with Crippen molar-refractivity contribution in [2.45, 2.75) is 13.8 Å². The van der Waals surface area contributed by atoms with Crippen molar-refractivity contribution in [1.82, 2.24) is 9.97 Å². The van der Waals surface area contributed by atoms with E-state index in [9.17, 15) is 14.9 Å². The summed E-state index contributed by atoms with van der Waals surface area (Å²) in [5.74, 6) is 0.380. The summed E-state index contributed by atoms with van der Waals surface area (Å²) in [6.45, 7) is 3.30. The number of rotatable bonds is 5. The minimum atomic E-state index is -0.445. The van der Waals surface area contributed by atoms with Crippen molar-refractivity contribution in [2.24, 2.45) is 0 Å². The van der Waals surface area contributed by atoms with Crippen LogP contribution >= 0.6 is 11.3 Å². The molecule has 0 fully saturated rings. The van der Waals surface area contributed by atoms with Gasteiger partial charge in [-0.15, -0.1) is 0 Å². The zero-order valence-corrected chi connectivity index (χ0v) is 14.8. The quantitative estimate of drug-likeness (QED) is 0.517. The Morgan fingerprint density at radius 3 is 2.81 bits per heavy atom. The molecule has 0 aliphatic carbocycles. The lowest BCUT2D eigenvalue weighted by atomic mass is 10.2. The number of carbonyl (C=O) groups is 1. The molecule has 2 aromatic heterocycles. The number of thiazole rings is 1. The van der Waals surface area contributed by atoms with Crippen molar-refractivity contribution < 1.29 is 9.72 Å². The van der Waals surface area contributed by atoms with Gasteiger partial charge in [0, 0.05) is 30.9 Å². The second-order valence-electron chi connectivity index (χ2n) is 5.48. The van der Waals surface area contributed by atoms with Gasteiger partial charge in [0.1, 0.15) is 5.82 Å². The Morgan fingerprint density at radius 1 is 1.27 bits per heavy atom. The second-order valence-corrected chi connectivity index (χ2v) is 6.48. The van der Waals surface area contributed by atoms with Crippen molar-refractivity contribution in [1.29, 1.82) is 0 Å². The Labute approximate surface area is 153 Å². The van der Waals surface area contributed by atoms with Crippen molar-refractivity contribution in [3.8, 4) is 10.4 Å². The van der Waals surface area contributed by atoms with Crippen molar-refractivity contribution >= 4 is 39.6 Å². The monoisotopic (exact) mass is 369 g/mol. The Balaban J connectivity index is 1.87. The highest BCUT2D eigenvalue weighted by atomic mass is 32.1. The third-order valence-corrected chi connectivity index (χ3v) is 4.55. The summed E-state index contributed by atoms with van der Waals surface area (Å²) in [5.41, 5.74) is 2.26. The fourth-order valence-corrected chi connectivity index (χ4v) is 3.36. The molecule has 0 atom stereocenters. The Morgan fingerprint density at radius 2 is 2.08 bits per heavy atom. The molecule has 0 bridgehead atoms. The fourth-order valence-electron chi connectivity index (χ4n) is 2.35. The number of hydrogen-bond donors (Lipinski definition) is 2. The average Bonchev–Trinajstić information content (AvgIpc) is 2.95. The molecule has 26 heavy (non-hydrogen) atoms. The third kappa shape index (κ3) is 4.01. The van der Waals surface area contributed by atoms with Gasteiger partial charge in [-0.05, 0) is 30.7 Å². The van der Waals surface area contributed by atoms with Crippen LogP contribution in [0.3, 0.4) is 0 Å². The van der Waals surface area contributed by atoms with Crippen LogP contribution in [0.15, 0.2) is 42.6 Å². The Bertz CT molecular complexity index is 986. The lowest BCUT2D eigenvalue weighted by Gasteiger charge is -2.07. The molecule has 1 aromatic carbocycles. The summed E-state index contributed by atoms with van der Waals surface area (Å²) >= 11 is 1.37. The van der Waals surface area contributed by atoms with Gasteiger partial charge in [0.05, 0.1) is 15.5 Å². The molecular formula is C17H15N5O3S. The first-order chi connectivity index (χ1) is 12.4. The van der Waals surface area contributed by atoms with Crippen LogP contribution in [0.25, 0.3) is 10.4 Å². The van der Waals surface area contributed by atoms with Gasteiger partial charge in [-0.1, -0.05) is 17.4 Å². The number of benzene rings is 1. The van der Waals surface area contributed by atoms with Gasteiger partial charge in [0.15, 0.2) is 5.13 Å². The summed E-state index contributed by atoms with van der Waals surface area (Å²) in [4.78, 5) is 31.1. The molecule has 9 heteroatoms. The van der Waals surface area contributed by atoms with Crippen LogP contribution in [0.2, 0.25) is 0 Å². The van der Waals surface area contributed by atoms with Crippen molar-refractivity contribution in [2.75, 3.05) is 10.6 Å². The topological polar surface area (TPSA) is 110 Å². The van der Waals surface area contributed by atoms with Crippen LogP contribution in [0.4, 0.5) is 22.3 Å². The summed E-state index contributed by atoms with van der Waals surface area (Å²) < 4.78 is 0. The van der Waals surface area contributed by atoms with Crippen molar-refractivity contribution in [3.63, 3.8) is 0 Å². The molecule has 0 spiro atoms. The highest BCUT2D eigenvalue weighted by molar-refractivity contribution is 7.19. The van der Waals surface area contributed by atoms with Gasteiger partial charge in [0.25, 0.3) is 5.69 Å². The molecule has 0 radical (unpaired) electrons. The van der Waals surface area contributed by atoms with Gasteiger partial charge in [0.2, 0.25) is 5.91 Å². The summed E-state index contributed by atoms with van der Waals surface area (Å²) in [6.07, 6.45) is 1.65. The van der Waals surface area contributed by atoms with E-state index in [0.29, 0.717) is 16.6 Å². The van der Waals surface area contributed by atoms with Gasteiger partial charge < -0.3 is 10.6 Å². The van der Waals surface area contributed by atoms with E-state index >= 15 is 0 Å². The second kappa shape index (κ2) is 7.28. The average molecular weight is 369 g/mol. The number of anilines is 3. The van der Waals surface area contributed by atoms with Gasteiger partial charge in [-0.3, -0.25) is 14.9 Å². The molecule has 0 aliphatic heterocycles. The molecule has 3 rings (SSSR count). The van der Waals surface area contributed by atoms with E-state index in [4.69, 9.17) is 0 Å². The Kier molecular flexibility index (Phi) is 4.90. The number of non-ortho nitro benzene ring substituents is 1. The number of aryl methyl sites for hydroxylation is 1. The van der Waals surface area contributed by atoms with E-state index in [1.54, 1.807) is 18.3 Å². The normalized spacial score (nSPS) is 10.4. The molecular weight excluding hydrogens is 354 g/mol. The van der Waals surface area contributed by atoms with Crippen LogP contribution in [0, 0.1) is 17.0 Å². The molecule has 132 valence electrons. The molecule has 1 amide bonds. The minimum Gasteiger partial charge on any atom is -0.340 e. The van der Waals surface area contributed by atoms with E-state index < -0.39 is 4.92 Å². The number of hydrogen-bond acceptors (Lipinski definition) is 7. The number of nitrogens with zero attached hydrogens (tertiary/aromatic N) is 3. The van der Waals surface area contributed by atoms with E-state index in [0.717, 1.165) is 16.1 Å². The number of nitro benzene ring substituents is 1. The highest BCUT2D eigenvalue weighted by Gasteiger charge is 2.12. The first-order valence-electron chi connectivity index (χ1n) is 7.65. The summed E-state index contributed by atoms with van der Waals surface area (Å²) in [7, 11) is 0. The molecule has 0 saturated carbocycles. The summed E-state index contributed by atoms with van der Waals surface area (Å²) in [5, 5.41) is 17.2. The molecule has 3 aromatic rings. The zero-order chi connectivity index (χ0) is 18.7. The van der Waals surface area contributed by atoms with Gasteiger partial charge >= 0.3 is 0 Å². The first kappa shape index (κ1) is 17.5. The molecule has 0 saturated heterocycles. The largest absolute Gasteiger partial charge is 0.340 e. The lowest BCUT2D eigenvalue weighted by Crippen LogP contribution is -2.04. The number of nitrogens with one attached hydrogen (secondary N) is 2. The number of nitro groups is 1. The van der Waals surface area contributed by atoms with Crippen LogP contribution < -0.4 is 10.6 Å². The maximum absolute atomic E-state index is 11.2. The molecule has 2 N–H and O–H groups in total. The summed E-state index contributed by atoms with van der Waals surface area (Å²) in [6, 6.07) is 9.89. The number of aromatic nitrogens is 2. The molecule has 8 nitrogen and oxygen atoms in total. The number of carbonyl (C=O) groups excluding carboxylic acids is 1.